The molecule has 2 fully saturated rings. The molecule has 2 atom stereocenters. The molecular formula is C20H32N2O2. The Morgan fingerprint density at radius 3 is 2.46 bits per heavy atom. The van der Waals surface area contributed by atoms with Crippen molar-refractivity contribution in [3.63, 3.8) is 0 Å². The molecule has 1 aliphatic carbocycles. The zero-order chi connectivity index (χ0) is 17.2. The van der Waals surface area contributed by atoms with E-state index in [-0.39, 0.29) is 5.41 Å². The third-order valence-corrected chi connectivity index (χ3v) is 5.77. The lowest BCUT2D eigenvalue weighted by Crippen LogP contribution is -2.60. The third kappa shape index (κ3) is 3.61. The van der Waals surface area contributed by atoms with Crippen LogP contribution in [-0.2, 0) is 16.0 Å². The predicted octanol–water partition coefficient (Wildman–Crippen LogP) is 3.16. The van der Waals surface area contributed by atoms with E-state index < -0.39 is 0 Å². The van der Waals surface area contributed by atoms with Gasteiger partial charge in [-0.1, -0.05) is 26.0 Å². The number of benzene rings is 1. The van der Waals surface area contributed by atoms with Crippen molar-refractivity contribution in [3.05, 3.63) is 29.8 Å². The Morgan fingerprint density at radius 2 is 1.88 bits per heavy atom. The highest BCUT2D eigenvalue weighted by Crippen LogP contribution is 2.45. The summed E-state index contributed by atoms with van der Waals surface area (Å²) in [4.78, 5) is 4.89. The molecule has 3 rings (SSSR count). The summed E-state index contributed by atoms with van der Waals surface area (Å²) in [5.74, 6) is 0. The first-order valence-corrected chi connectivity index (χ1v) is 9.26. The maximum Gasteiger partial charge on any atom is 0.0655 e. The van der Waals surface area contributed by atoms with Gasteiger partial charge in [0.05, 0.1) is 19.3 Å². The van der Waals surface area contributed by atoms with E-state index in [1.165, 1.54) is 11.3 Å². The summed E-state index contributed by atoms with van der Waals surface area (Å²) in [7, 11) is 2.24. The lowest BCUT2D eigenvalue weighted by atomic mass is 9.64. The van der Waals surface area contributed by atoms with Gasteiger partial charge in [-0.2, -0.15) is 0 Å². The van der Waals surface area contributed by atoms with E-state index in [9.17, 15) is 0 Å². The number of rotatable bonds is 6. The Labute approximate surface area is 146 Å². The molecule has 0 aromatic heterocycles. The summed E-state index contributed by atoms with van der Waals surface area (Å²) in [5, 5.41) is 0. The molecule has 4 heteroatoms. The van der Waals surface area contributed by atoms with Crippen molar-refractivity contribution >= 4 is 5.69 Å². The van der Waals surface area contributed by atoms with Gasteiger partial charge in [0.25, 0.3) is 0 Å². The maximum atomic E-state index is 5.86. The fourth-order valence-corrected chi connectivity index (χ4v) is 4.13. The fraction of sp³-hybridized carbons (Fsp3) is 0.700. The number of ether oxygens (including phenoxy) is 2. The Balaban J connectivity index is 1.56. The van der Waals surface area contributed by atoms with Crippen molar-refractivity contribution in [2.75, 3.05) is 44.9 Å². The van der Waals surface area contributed by atoms with E-state index in [1.807, 2.05) is 0 Å². The third-order valence-electron chi connectivity index (χ3n) is 5.77. The first kappa shape index (κ1) is 17.7. The van der Waals surface area contributed by atoms with E-state index in [0.717, 1.165) is 45.9 Å². The van der Waals surface area contributed by atoms with Gasteiger partial charge in [-0.15, -0.1) is 0 Å². The first-order valence-electron chi connectivity index (χ1n) is 9.26. The van der Waals surface area contributed by atoms with E-state index in [4.69, 9.17) is 9.47 Å². The number of morpholine rings is 1. The van der Waals surface area contributed by atoms with Crippen molar-refractivity contribution in [1.29, 1.82) is 0 Å². The van der Waals surface area contributed by atoms with Crippen LogP contribution in [0.3, 0.4) is 0 Å². The zero-order valence-electron chi connectivity index (χ0n) is 15.6. The van der Waals surface area contributed by atoms with Crippen LogP contribution in [0.25, 0.3) is 0 Å². The second kappa shape index (κ2) is 7.42. The van der Waals surface area contributed by atoms with Crippen LogP contribution in [0.5, 0.6) is 0 Å². The van der Waals surface area contributed by atoms with Crippen LogP contribution in [0.1, 0.15) is 32.8 Å². The summed E-state index contributed by atoms with van der Waals surface area (Å²) in [5.41, 5.74) is 2.92. The van der Waals surface area contributed by atoms with Crippen LogP contribution in [0.15, 0.2) is 24.3 Å². The molecule has 0 radical (unpaired) electrons. The Bertz CT molecular complexity index is 523. The second-order valence-corrected chi connectivity index (χ2v) is 7.70. The van der Waals surface area contributed by atoms with Crippen molar-refractivity contribution in [2.24, 2.45) is 5.41 Å². The highest BCUT2D eigenvalue weighted by molar-refractivity contribution is 5.47. The number of nitrogens with zero attached hydrogens (tertiary/aromatic N) is 2. The van der Waals surface area contributed by atoms with Crippen molar-refractivity contribution in [3.8, 4) is 0 Å². The number of anilines is 1. The van der Waals surface area contributed by atoms with E-state index >= 15 is 0 Å². The summed E-state index contributed by atoms with van der Waals surface area (Å²) in [6.45, 7) is 12.2. The minimum atomic E-state index is 0.235. The lowest BCUT2D eigenvalue weighted by molar-refractivity contribution is -0.146. The summed E-state index contributed by atoms with van der Waals surface area (Å²) in [6, 6.07) is 9.64. The van der Waals surface area contributed by atoms with Crippen molar-refractivity contribution < 1.29 is 9.47 Å². The topological polar surface area (TPSA) is 24.9 Å². The smallest absolute Gasteiger partial charge is 0.0655 e. The Kier molecular flexibility index (Phi) is 5.48. The van der Waals surface area contributed by atoms with Gasteiger partial charge in [-0.05, 0) is 38.1 Å². The SMILES string of the molecule is CCOC1CC(N(C)Cc2ccc(N3CCOCC3)cc2)C1(C)C. The fourth-order valence-electron chi connectivity index (χ4n) is 4.13. The van der Waals surface area contributed by atoms with Gasteiger partial charge in [0.1, 0.15) is 0 Å². The molecule has 1 aromatic rings. The van der Waals surface area contributed by atoms with Gasteiger partial charge in [-0.25, -0.2) is 0 Å². The molecule has 0 amide bonds. The van der Waals surface area contributed by atoms with E-state index in [1.54, 1.807) is 0 Å². The molecule has 4 nitrogen and oxygen atoms in total. The summed E-state index contributed by atoms with van der Waals surface area (Å²) in [6.07, 6.45) is 1.54. The van der Waals surface area contributed by atoms with Crippen LogP contribution >= 0.6 is 0 Å². The van der Waals surface area contributed by atoms with E-state index in [0.29, 0.717) is 12.1 Å². The molecule has 0 bridgehead atoms. The van der Waals surface area contributed by atoms with Gasteiger partial charge in [0.15, 0.2) is 0 Å². The Hall–Kier alpha value is -1.10. The van der Waals surface area contributed by atoms with Crippen molar-refractivity contribution in [2.45, 2.75) is 45.9 Å². The monoisotopic (exact) mass is 332 g/mol. The molecule has 1 saturated carbocycles. The number of hydrogen-bond acceptors (Lipinski definition) is 4. The minimum absolute atomic E-state index is 0.235. The van der Waals surface area contributed by atoms with Crippen LogP contribution in [0.2, 0.25) is 0 Å². The molecule has 1 aliphatic heterocycles. The molecule has 2 aliphatic rings. The summed E-state index contributed by atoms with van der Waals surface area (Å²) >= 11 is 0. The molecule has 0 N–H and O–H groups in total. The zero-order valence-corrected chi connectivity index (χ0v) is 15.6. The van der Waals surface area contributed by atoms with Crippen LogP contribution in [-0.4, -0.2) is 57.0 Å². The largest absolute Gasteiger partial charge is 0.378 e. The quantitative estimate of drug-likeness (QED) is 0.799. The molecule has 1 saturated heterocycles. The van der Waals surface area contributed by atoms with Gasteiger partial charge in [0.2, 0.25) is 0 Å². The van der Waals surface area contributed by atoms with E-state index in [2.05, 4.69) is 61.9 Å². The van der Waals surface area contributed by atoms with Crippen LogP contribution < -0.4 is 4.90 Å². The van der Waals surface area contributed by atoms with Gasteiger partial charge in [-0.3, -0.25) is 4.90 Å². The maximum absolute atomic E-state index is 5.86. The highest BCUT2D eigenvalue weighted by atomic mass is 16.5. The molecule has 1 aromatic carbocycles. The Morgan fingerprint density at radius 1 is 1.21 bits per heavy atom. The predicted molar refractivity (Wildman–Crippen MR) is 98.5 cm³/mol. The molecule has 0 spiro atoms. The molecule has 24 heavy (non-hydrogen) atoms. The molecule has 2 unspecified atom stereocenters. The highest BCUT2D eigenvalue weighted by Gasteiger charge is 2.50. The lowest BCUT2D eigenvalue weighted by Gasteiger charge is -2.55. The minimum Gasteiger partial charge on any atom is -0.378 e. The van der Waals surface area contributed by atoms with Gasteiger partial charge >= 0.3 is 0 Å². The average Bonchev–Trinajstić information content (AvgIpc) is 2.59. The second-order valence-electron chi connectivity index (χ2n) is 7.70. The van der Waals surface area contributed by atoms with Gasteiger partial charge in [0, 0.05) is 43.4 Å². The van der Waals surface area contributed by atoms with Crippen molar-refractivity contribution in [1.82, 2.24) is 4.90 Å². The molecule has 1 heterocycles. The summed E-state index contributed by atoms with van der Waals surface area (Å²) < 4.78 is 11.3. The molecule has 134 valence electrons. The van der Waals surface area contributed by atoms with Gasteiger partial charge < -0.3 is 14.4 Å². The average molecular weight is 332 g/mol. The van der Waals surface area contributed by atoms with Crippen LogP contribution in [0.4, 0.5) is 5.69 Å². The standard InChI is InChI=1S/C20H32N2O2/c1-5-24-19-14-18(20(19,2)3)21(4)15-16-6-8-17(9-7-16)22-10-12-23-13-11-22/h6-9,18-19H,5,10-15H2,1-4H3. The first-order chi connectivity index (χ1) is 11.5. The van der Waals surface area contributed by atoms with Crippen LogP contribution in [0, 0.1) is 5.41 Å². The number of hydrogen-bond donors (Lipinski definition) is 0. The molecular weight excluding hydrogens is 300 g/mol. The normalized spacial score (nSPS) is 26.5.